The SMILES string of the molecule is CC(C)C(=O)NC(Cc1c[nH]c2ccccc12)C(=O)NCc1ccc(CN2CCCC2)cc1. The number of carbonyl (C=O) groups excluding carboxylic acids is 2. The van der Waals surface area contributed by atoms with Gasteiger partial charge in [-0.2, -0.15) is 0 Å². The van der Waals surface area contributed by atoms with E-state index in [0.717, 1.165) is 28.6 Å². The number of nitrogens with zero attached hydrogens (tertiary/aromatic N) is 1. The lowest BCUT2D eigenvalue weighted by Crippen LogP contribution is -2.48. The molecule has 1 aromatic heterocycles. The molecule has 3 N–H and O–H groups in total. The van der Waals surface area contributed by atoms with E-state index >= 15 is 0 Å². The Balaban J connectivity index is 1.39. The Morgan fingerprint density at radius 1 is 0.970 bits per heavy atom. The molecule has 2 amide bonds. The van der Waals surface area contributed by atoms with Gasteiger partial charge in [-0.1, -0.05) is 56.3 Å². The Hall–Kier alpha value is -3.12. The van der Waals surface area contributed by atoms with E-state index in [0.29, 0.717) is 13.0 Å². The fourth-order valence-electron chi connectivity index (χ4n) is 4.34. The van der Waals surface area contributed by atoms with E-state index in [1.807, 2.05) is 44.3 Å². The molecule has 0 spiro atoms. The molecular formula is C27H34N4O2. The third-order valence-electron chi connectivity index (χ3n) is 6.35. The Kier molecular flexibility index (Phi) is 7.45. The second-order valence-electron chi connectivity index (χ2n) is 9.30. The first kappa shape index (κ1) is 23.1. The van der Waals surface area contributed by atoms with E-state index in [2.05, 4.69) is 44.8 Å². The number of benzene rings is 2. The molecule has 33 heavy (non-hydrogen) atoms. The molecule has 6 heteroatoms. The summed E-state index contributed by atoms with van der Waals surface area (Å²) in [6, 6.07) is 15.8. The maximum atomic E-state index is 13.1. The van der Waals surface area contributed by atoms with Crippen molar-refractivity contribution in [2.45, 2.75) is 52.2 Å². The van der Waals surface area contributed by atoms with E-state index in [9.17, 15) is 9.59 Å². The van der Waals surface area contributed by atoms with E-state index in [4.69, 9.17) is 0 Å². The quantitative estimate of drug-likeness (QED) is 0.468. The molecule has 0 bridgehead atoms. The molecule has 1 aliphatic heterocycles. The standard InChI is InChI=1S/C27H34N4O2/c1-19(2)26(32)30-25(15-22-17-28-24-8-4-3-7-23(22)24)27(33)29-16-20-9-11-21(12-10-20)18-31-13-5-6-14-31/h3-4,7-12,17,19,25,28H,5-6,13-16,18H2,1-2H3,(H,29,33)(H,30,32). The highest BCUT2D eigenvalue weighted by Crippen LogP contribution is 2.19. The minimum atomic E-state index is -0.631. The minimum Gasteiger partial charge on any atom is -0.361 e. The highest BCUT2D eigenvalue weighted by molar-refractivity contribution is 5.90. The number of aromatic nitrogens is 1. The molecule has 3 aromatic rings. The predicted octanol–water partition coefficient (Wildman–Crippen LogP) is 3.76. The number of likely N-dealkylation sites (tertiary alicyclic amines) is 1. The van der Waals surface area contributed by atoms with Gasteiger partial charge >= 0.3 is 0 Å². The van der Waals surface area contributed by atoms with Crippen LogP contribution in [0.15, 0.2) is 54.7 Å². The third-order valence-corrected chi connectivity index (χ3v) is 6.35. The summed E-state index contributed by atoms with van der Waals surface area (Å²) in [6.45, 7) is 7.44. The van der Waals surface area contributed by atoms with Crippen molar-refractivity contribution in [1.29, 1.82) is 0 Å². The topological polar surface area (TPSA) is 77.2 Å². The summed E-state index contributed by atoms with van der Waals surface area (Å²) < 4.78 is 0. The molecule has 0 saturated carbocycles. The van der Waals surface area contributed by atoms with Crippen molar-refractivity contribution in [2.75, 3.05) is 13.1 Å². The maximum Gasteiger partial charge on any atom is 0.243 e. The summed E-state index contributed by atoms with van der Waals surface area (Å²) in [7, 11) is 0. The number of H-pyrrole nitrogens is 1. The molecule has 2 aromatic carbocycles. The van der Waals surface area contributed by atoms with Crippen LogP contribution in [-0.2, 0) is 29.1 Å². The molecule has 1 atom stereocenters. The predicted molar refractivity (Wildman–Crippen MR) is 132 cm³/mol. The minimum absolute atomic E-state index is 0.124. The second kappa shape index (κ2) is 10.7. The zero-order valence-corrected chi connectivity index (χ0v) is 19.6. The number of aromatic amines is 1. The Labute approximate surface area is 195 Å². The van der Waals surface area contributed by atoms with Crippen LogP contribution in [0.3, 0.4) is 0 Å². The van der Waals surface area contributed by atoms with Crippen molar-refractivity contribution in [3.05, 3.63) is 71.4 Å². The Morgan fingerprint density at radius 2 is 1.67 bits per heavy atom. The Bertz CT molecular complexity index is 1080. The van der Waals surface area contributed by atoms with Crippen LogP contribution >= 0.6 is 0 Å². The lowest BCUT2D eigenvalue weighted by Gasteiger charge is -2.20. The smallest absolute Gasteiger partial charge is 0.243 e. The Morgan fingerprint density at radius 3 is 2.39 bits per heavy atom. The number of hydrogen-bond acceptors (Lipinski definition) is 3. The fraction of sp³-hybridized carbons (Fsp3) is 0.407. The van der Waals surface area contributed by atoms with Crippen LogP contribution in [0.25, 0.3) is 10.9 Å². The average Bonchev–Trinajstić information content (AvgIpc) is 3.48. The first-order chi connectivity index (χ1) is 16.0. The highest BCUT2D eigenvalue weighted by Gasteiger charge is 2.23. The monoisotopic (exact) mass is 446 g/mol. The summed E-state index contributed by atoms with van der Waals surface area (Å²) in [5.74, 6) is -0.483. The summed E-state index contributed by atoms with van der Waals surface area (Å²) in [4.78, 5) is 31.2. The van der Waals surface area contributed by atoms with Gasteiger partial charge in [0.15, 0.2) is 0 Å². The molecule has 1 saturated heterocycles. The van der Waals surface area contributed by atoms with Crippen LogP contribution in [0, 0.1) is 5.92 Å². The molecule has 2 heterocycles. The molecule has 0 radical (unpaired) electrons. The van der Waals surface area contributed by atoms with Crippen molar-refractivity contribution in [3.8, 4) is 0 Å². The van der Waals surface area contributed by atoms with Gasteiger partial charge in [0.2, 0.25) is 11.8 Å². The number of para-hydroxylation sites is 1. The largest absolute Gasteiger partial charge is 0.361 e. The van der Waals surface area contributed by atoms with Crippen molar-refractivity contribution >= 4 is 22.7 Å². The van der Waals surface area contributed by atoms with Crippen LogP contribution < -0.4 is 10.6 Å². The molecule has 6 nitrogen and oxygen atoms in total. The van der Waals surface area contributed by atoms with Gasteiger partial charge in [0.05, 0.1) is 0 Å². The number of hydrogen-bond donors (Lipinski definition) is 3. The van der Waals surface area contributed by atoms with Gasteiger partial charge in [-0.25, -0.2) is 0 Å². The van der Waals surface area contributed by atoms with Gasteiger partial charge in [0, 0.05) is 42.5 Å². The average molecular weight is 447 g/mol. The molecule has 0 aliphatic carbocycles. The summed E-state index contributed by atoms with van der Waals surface area (Å²) >= 11 is 0. The van der Waals surface area contributed by atoms with Crippen molar-refractivity contribution in [2.24, 2.45) is 5.92 Å². The van der Waals surface area contributed by atoms with E-state index in [1.165, 1.54) is 31.5 Å². The van der Waals surface area contributed by atoms with Gasteiger partial charge in [0.1, 0.15) is 6.04 Å². The molecular weight excluding hydrogens is 412 g/mol. The maximum absolute atomic E-state index is 13.1. The number of rotatable bonds is 9. The summed E-state index contributed by atoms with van der Waals surface area (Å²) in [5, 5.41) is 7.03. The summed E-state index contributed by atoms with van der Waals surface area (Å²) in [5.41, 5.74) is 4.39. The number of carbonyl (C=O) groups is 2. The number of fused-ring (bicyclic) bond motifs is 1. The van der Waals surface area contributed by atoms with Crippen LogP contribution in [0.1, 0.15) is 43.4 Å². The van der Waals surface area contributed by atoms with Crippen molar-refractivity contribution in [3.63, 3.8) is 0 Å². The normalized spacial score (nSPS) is 15.1. The number of amides is 2. The zero-order chi connectivity index (χ0) is 23.2. The first-order valence-corrected chi connectivity index (χ1v) is 11.9. The van der Waals surface area contributed by atoms with Gasteiger partial charge in [-0.3, -0.25) is 14.5 Å². The van der Waals surface area contributed by atoms with Gasteiger partial charge in [0.25, 0.3) is 0 Å². The van der Waals surface area contributed by atoms with Gasteiger partial charge in [-0.05, 0) is 48.7 Å². The lowest BCUT2D eigenvalue weighted by molar-refractivity contribution is -0.130. The van der Waals surface area contributed by atoms with Crippen molar-refractivity contribution in [1.82, 2.24) is 20.5 Å². The van der Waals surface area contributed by atoms with Crippen LogP contribution in [-0.4, -0.2) is 40.8 Å². The van der Waals surface area contributed by atoms with Crippen molar-refractivity contribution < 1.29 is 9.59 Å². The van der Waals surface area contributed by atoms with Crippen LogP contribution in [0.4, 0.5) is 0 Å². The van der Waals surface area contributed by atoms with Gasteiger partial charge < -0.3 is 15.6 Å². The molecule has 4 rings (SSSR count). The van der Waals surface area contributed by atoms with E-state index in [-0.39, 0.29) is 17.7 Å². The zero-order valence-electron chi connectivity index (χ0n) is 19.6. The third kappa shape index (κ3) is 6.02. The van der Waals surface area contributed by atoms with E-state index < -0.39 is 6.04 Å². The lowest BCUT2D eigenvalue weighted by atomic mass is 10.0. The fourth-order valence-corrected chi connectivity index (χ4v) is 4.34. The first-order valence-electron chi connectivity index (χ1n) is 11.9. The van der Waals surface area contributed by atoms with Crippen LogP contribution in [0.2, 0.25) is 0 Å². The summed E-state index contributed by atoms with van der Waals surface area (Å²) in [6.07, 6.45) is 4.93. The van der Waals surface area contributed by atoms with Gasteiger partial charge in [-0.15, -0.1) is 0 Å². The highest BCUT2D eigenvalue weighted by atomic mass is 16.2. The molecule has 1 aliphatic rings. The van der Waals surface area contributed by atoms with E-state index in [1.54, 1.807) is 0 Å². The van der Waals surface area contributed by atoms with Crippen LogP contribution in [0.5, 0.6) is 0 Å². The molecule has 1 fully saturated rings. The molecule has 174 valence electrons. The number of nitrogens with one attached hydrogen (secondary N) is 3. The second-order valence-corrected chi connectivity index (χ2v) is 9.30. The molecule has 1 unspecified atom stereocenters.